The lowest BCUT2D eigenvalue weighted by molar-refractivity contribution is 0.0779. The molecule has 2 unspecified atom stereocenters. The normalized spacial score (nSPS) is 32.1. The van der Waals surface area contributed by atoms with Crippen LogP contribution in [0.5, 0.6) is 0 Å². The second kappa shape index (κ2) is 6.25. The van der Waals surface area contributed by atoms with Crippen LogP contribution in [0.2, 0.25) is 0 Å². The highest BCUT2D eigenvalue weighted by Crippen LogP contribution is 2.27. The number of benzene rings is 1. The smallest absolute Gasteiger partial charge is 0.0648 e. The van der Waals surface area contributed by atoms with Crippen molar-refractivity contribution >= 4 is 0 Å². The van der Waals surface area contributed by atoms with Gasteiger partial charge in [0.1, 0.15) is 0 Å². The van der Waals surface area contributed by atoms with E-state index < -0.39 is 0 Å². The summed E-state index contributed by atoms with van der Waals surface area (Å²) in [5.41, 5.74) is 1.68. The van der Waals surface area contributed by atoms with Gasteiger partial charge in [0.25, 0.3) is 0 Å². The minimum atomic E-state index is 0.251. The number of nitrogens with zero attached hydrogens (tertiary/aromatic N) is 1. The molecule has 0 amide bonds. The Kier molecular flexibility index (Phi) is 4.39. The second-order valence-electron chi connectivity index (χ2n) is 6.44. The molecule has 1 aromatic carbocycles. The summed E-state index contributed by atoms with van der Waals surface area (Å²) in [6.45, 7) is 7.64. The third-order valence-corrected chi connectivity index (χ3v) is 4.76. The molecule has 1 aromatic rings. The minimum Gasteiger partial charge on any atom is -0.379 e. The van der Waals surface area contributed by atoms with Gasteiger partial charge in [0.15, 0.2) is 0 Å². The molecule has 1 N–H and O–H groups in total. The topological polar surface area (TPSA) is 24.5 Å². The quantitative estimate of drug-likeness (QED) is 0.913. The summed E-state index contributed by atoms with van der Waals surface area (Å²) in [6.07, 6.45) is 3.53. The van der Waals surface area contributed by atoms with Crippen LogP contribution >= 0.6 is 0 Å². The first-order valence-electron chi connectivity index (χ1n) is 7.86. The molecule has 2 fully saturated rings. The summed E-state index contributed by atoms with van der Waals surface area (Å²) < 4.78 is 5.65. The van der Waals surface area contributed by atoms with Crippen LogP contribution in [0.15, 0.2) is 30.3 Å². The third-order valence-electron chi connectivity index (χ3n) is 4.76. The molecule has 0 bridgehead atoms. The van der Waals surface area contributed by atoms with Gasteiger partial charge in [0.2, 0.25) is 0 Å². The molecule has 3 heteroatoms. The lowest BCUT2D eigenvalue weighted by Gasteiger charge is -2.38. The van der Waals surface area contributed by atoms with Gasteiger partial charge in [-0.05, 0) is 38.3 Å². The van der Waals surface area contributed by atoms with Crippen molar-refractivity contribution in [1.82, 2.24) is 10.2 Å². The van der Waals surface area contributed by atoms with Crippen LogP contribution in [0.3, 0.4) is 0 Å². The van der Waals surface area contributed by atoms with Crippen LogP contribution in [0.25, 0.3) is 0 Å². The average Bonchev–Trinajstić information content (AvgIpc) is 2.77. The van der Waals surface area contributed by atoms with Gasteiger partial charge in [0, 0.05) is 31.3 Å². The van der Waals surface area contributed by atoms with E-state index in [0.29, 0.717) is 6.04 Å². The summed E-state index contributed by atoms with van der Waals surface area (Å²) in [7, 11) is 0. The fourth-order valence-corrected chi connectivity index (χ4v) is 3.43. The second-order valence-corrected chi connectivity index (χ2v) is 6.44. The first-order chi connectivity index (χ1) is 9.76. The van der Waals surface area contributed by atoms with E-state index >= 15 is 0 Å². The van der Waals surface area contributed by atoms with E-state index in [4.69, 9.17) is 4.74 Å². The van der Waals surface area contributed by atoms with Gasteiger partial charge in [-0.15, -0.1) is 0 Å². The Bertz CT molecular complexity index is 414. The van der Waals surface area contributed by atoms with Crippen molar-refractivity contribution < 1.29 is 4.74 Å². The van der Waals surface area contributed by atoms with Crippen molar-refractivity contribution in [2.75, 3.05) is 32.8 Å². The van der Waals surface area contributed by atoms with Gasteiger partial charge in [-0.1, -0.05) is 30.3 Å². The molecule has 0 radical (unpaired) electrons. The lowest BCUT2D eigenvalue weighted by Crippen LogP contribution is -2.51. The highest BCUT2D eigenvalue weighted by molar-refractivity contribution is 5.16. The Morgan fingerprint density at radius 1 is 1.35 bits per heavy atom. The van der Waals surface area contributed by atoms with Gasteiger partial charge in [-0.25, -0.2) is 0 Å². The number of hydrogen-bond donors (Lipinski definition) is 1. The Labute approximate surface area is 122 Å². The molecule has 3 nitrogen and oxygen atoms in total. The molecular weight excluding hydrogens is 248 g/mol. The summed E-state index contributed by atoms with van der Waals surface area (Å²) in [6, 6.07) is 11.4. The fourth-order valence-electron chi connectivity index (χ4n) is 3.43. The van der Waals surface area contributed by atoms with Crippen LogP contribution in [-0.2, 0) is 11.2 Å². The number of ether oxygens (including phenoxy) is 1. The highest BCUT2D eigenvalue weighted by atomic mass is 16.5. The molecule has 3 rings (SSSR count). The van der Waals surface area contributed by atoms with Crippen LogP contribution < -0.4 is 5.32 Å². The van der Waals surface area contributed by atoms with Gasteiger partial charge in [-0.2, -0.15) is 0 Å². The summed E-state index contributed by atoms with van der Waals surface area (Å²) >= 11 is 0. The Morgan fingerprint density at radius 2 is 2.20 bits per heavy atom. The van der Waals surface area contributed by atoms with Crippen LogP contribution in [-0.4, -0.2) is 49.3 Å². The van der Waals surface area contributed by atoms with Crippen molar-refractivity contribution in [3.05, 3.63) is 35.9 Å². The van der Waals surface area contributed by atoms with Crippen LogP contribution in [0.1, 0.15) is 25.3 Å². The number of hydrogen-bond acceptors (Lipinski definition) is 3. The van der Waals surface area contributed by atoms with Gasteiger partial charge in [-0.3, -0.25) is 4.90 Å². The SMILES string of the molecule is CC1(N2CCCNC(Cc3ccccc3)C2)CCOC1. The van der Waals surface area contributed by atoms with Crippen molar-refractivity contribution in [3.8, 4) is 0 Å². The van der Waals surface area contributed by atoms with Crippen molar-refractivity contribution in [3.63, 3.8) is 0 Å². The summed E-state index contributed by atoms with van der Waals surface area (Å²) in [5, 5.41) is 3.72. The first-order valence-corrected chi connectivity index (χ1v) is 7.86. The molecule has 2 saturated heterocycles. The monoisotopic (exact) mass is 274 g/mol. The molecule has 2 atom stereocenters. The maximum atomic E-state index is 5.65. The van der Waals surface area contributed by atoms with Crippen LogP contribution in [0, 0.1) is 0 Å². The maximum Gasteiger partial charge on any atom is 0.0648 e. The maximum absolute atomic E-state index is 5.65. The molecule has 2 heterocycles. The van der Waals surface area contributed by atoms with E-state index in [0.717, 1.165) is 32.7 Å². The van der Waals surface area contributed by atoms with Gasteiger partial charge >= 0.3 is 0 Å². The average molecular weight is 274 g/mol. The zero-order valence-electron chi connectivity index (χ0n) is 12.5. The van der Waals surface area contributed by atoms with Crippen molar-refractivity contribution in [2.45, 2.75) is 37.8 Å². The fraction of sp³-hybridized carbons (Fsp3) is 0.647. The molecule has 2 aliphatic heterocycles. The minimum absolute atomic E-state index is 0.251. The molecule has 20 heavy (non-hydrogen) atoms. The summed E-state index contributed by atoms with van der Waals surface area (Å²) in [5.74, 6) is 0. The van der Waals surface area contributed by atoms with Gasteiger partial charge in [0.05, 0.1) is 6.61 Å². The van der Waals surface area contributed by atoms with Crippen molar-refractivity contribution in [2.24, 2.45) is 0 Å². The standard InChI is InChI=1S/C17H26N2O/c1-17(8-11-20-14-17)19-10-5-9-18-16(13-19)12-15-6-3-2-4-7-15/h2-4,6-7,16,18H,5,8-14H2,1H3. The molecule has 0 saturated carbocycles. The molecule has 2 aliphatic rings. The third kappa shape index (κ3) is 3.22. The predicted molar refractivity (Wildman–Crippen MR) is 82.0 cm³/mol. The predicted octanol–water partition coefficient (Wildman–Crippen LogP) is 2.07. The Hall–Kier alpha value is -0.900. The number of nitrogens with one attached hydrogen (secondary N) is 1. The Morgan fingerprint density at radius 3 is 2.95 bits per heavy atom. The molecular formula is C17H26N2O. The highest BCUT2D eigenvalue weighted by Gasteiger charge is 2.37. The van der Waals surface area contributed by atoms with Crippen LogP contribution in [0.4, 0.5) is 0 Å². The zero-order valence-corrected chi connectivity index (χ0v) is 12.5. The van der Waals surface area contributed by atoms with E-state index in [2.05, 4.69) is 47.5 Å². The number of rotatable bonds is 3. The largest absolute Gasteiger partial charge is 0.379 e. The van der Waals surface area contributed by atoms with E-state index in [-0.39, 0.29) is 5.54 Å². The van der Waals surface area contributed by atoms with E-state index in [1.807, 2.05) is 0 Å². The van der Waals surface area contributed by atoms with E-state index in [9.17, 15) is 0 Å². The molecule has 0 aromatic heterocycles. The first kappa shape index (κ1) is 14.1. The molecule has 110 valence electrons. The Balaban J connectivity index is 1.66. The van der Waals surface area contributed by atoms with E-state index in [1.165, 1.54) is 24.9 Å². The zero-order chi connectivity index (χ0) is 13.8. The van der Waals surface area contributed by atoms with Crippen molar-refractivity contribution in [1.29, 1.82) is 0 Å². The van der Waals surface area contributed by atoms with Gasteiger partial charge < -0.3 is 10.1 Å². The van der Waals surface area contributed by atoms with E-state index in [1.54, 1.807) is 0 Å². The molecule has 0 spiro atoms. The summed E-state index contributed by atoms with van der Waals surface area (Å²) in [4.78, 5) is 2.66. The molecule has 0 aliphatic carbocycles. The lowest BCUT2D eigenvalue weighted by atomic mass is 9.97.